The number of esters is 1. The number of carbonyl (C=O) groups excluding carboxylic acids is 1. The molecule has 0 spiro atoms. The van der Waals surface area contributed by atoms with Crippen LogP contribution in [0.3, 0.4) is 0 Å². The third-order valence-corrected chi connectivity index (χ3v) is 4.69. The number of aromatic nitrogens is 4. The van der Waals surface area contributed by atoms with Crippen molar-refractivity contribution in [3.05, 3.63) is 52.1 Å². The number of benzene rings is 1. The monoisotopic (exact) mass is 436 g/mol. The Balaban J connectivity index is 1.56. The molecular formula is C21H23F3N4O3. The van der Waals surface area contributed by atoms with Gasteiger partial charge in [-0.3, -0.25) is 4.79 Å². The van der Waals surface area contributed by atoms with E-state index in [-0.39, 0.29) is 31.8 Å². The van der Waals surface area contributed by atoms with E-state index < -0.39 is 18.0 Å². The summed E-state index contributed by atoms with van der Waals surface area (Å²) >= 11 is 0. The second-order valence-electron chi connectivity index (χ2n) is 7.30. The summed E-state index contributed by atoms with van der Waals surface area (Å²) in [4.78, 5) is 19.6. The lowest BCUT2D eigenvalue weighted by molar-refractivity contribution is -0.145. The molecular weight excluding hydrogens is 413 g/mol. The molecule has 0 fully saturated rings. The van der Waals surface area contributed by atoms with E-state index in [0.29, 0.717) is 22.7 Å². The molecule has 0 bridgehead atoms. The number of rotatable bonds is 7. The topological polar surface area (TPSA) is 78.6 Å². The molecule has 0 saturated heterocycles. The van der Waals surface area contributed by atoms with Crippen molar-refractivity contribution in [1.82, 2.24) is 19.6 Å². The van der Waals surface area contributed by atoms with Crippen molar-refractivity contribution >= 4 is 11.7 Å². The van der Waals surface area contributed by atoms with Crippen molar-refractivity contribution in [1.29, 1.82) is 0 Å². The molecule has 0 aliphatic rings. The van der Waals surface area contributed by atoms with Crippen molar-refractivity contribution in [3.8, 4) is 5.75 Å². The molecule has 0 aliphatic carbocycles. The molecule has 31 heavy (non-hydrogen) atoms. The van der Waals surface area contributed by atoms with Gasteiger partial charge >= 0.3 is 12.1 Å². The van der Waals surface area contributed by atoms with Gasteiger partial charge in [-0.15, -0.1) is 5.10 Å². The van der Waals surface area contributed by atoms with Gasteiger partial charge in [-0.1, -0.05) is 6.07 Å². The highest BCUT2D eigenvalue weighted by molar-refractivity contribution is 5.69. The third kappa shape index (κ3) is 5.50. The molecule has 0 radical (unpaired) electrons. The minimum Gasteiger partial charge on any atom is -0.490 e. The molecule has 3 rings (SSSR count). The fraction of sp³-hybridized carbons (Fsp3) is 0.429. The van der Waals surface area contributed by atoms with Crippen LogP contribution < -0.4 is 4.74 Å². The van der Waals surface area contributed by atoms with Crippen molar-refractivity contribution < 1.29 is 27.4 Å². The standard InChI is InChI=1S/C21H23F3N4O3/c1-12-9-13(2)11-16(10-12)30-7-8-31-18(29)6-5-17-14(3)25-20-26-19(21(22,23)24)27-28(20)15(17)4/h9-11H,5-8H2,1-4H3. The van der Waals surface area contributed by atoms with E-state index in [1.807, 2.05) is 32.0 Å². The van der Waals surface area contributed by atoms with Crippen LogP contribution in [0.15, 0.2) is 18.2 Å². The van der Waals surface area contributed by atoms with Crippen LogP contribution in [0.5, 0.6) is 5.75 Å². The second kappa shape index (κ2) is 8.91. The highest BCUT2D eigenvalue weighted by atomic mass is 19.4. The zero-order chi connectivity index (χ0) is 22.8. The number of hydrogen-bond donors (Lipinski definition) is 0. The predicted molar refractivity (Wildman–Crippen MR) is 106 cm³/mol. The largest absolute Gasteiger partial charge is 0.490 e. The van der Waals surface area contributed by atoms with Crippen LogP contribution in [0.25, 0.3) is 5.78 Å². The Labute approximate surface area is 177 Å². The number of aryl methyl sites for hydroxylation is 4. The van der Waals surface area contributed by atoms with Crippen molar-refractivity contribution in [2.45, 2.75) is 46.7 Å². The number of nitrogens with zero attached hydrogens (tertiary/aromatic N) is 4. The fourth-order valence-electron chi connectivity index (χ4n) is 3.32. The average molecular weight is 436 g/mol. The molecule has 0 amide bonds. The maximum Gasteiger partial charge on any atom is 0.453 e. The lowest BCUT2D eigenvalue weighted by Gasteiger charge is -2.11. The Morgan fingerprint density at radius 1 is 1.03 bits per heavy atom. The molecule has 2 heterocycles. The molecule has 0 unspecified atom stereocenters. The molecule has 0 N–H and O–H groups in total. The van der Waals surface area contributed by atoms with E-state index >= 15 is 0 Å². The first kappa shape index (κ1) is 22.5. The number of ether oxygens (including phenoxy) is 2. The van der Waals surface area contributed by atoms with Crippen LogP contribution in [-0.4, -0.2) is 38.8 Å². The van der Waals surface area contributed by atoms with Crippen molar-refractivity contribution in [2.24, 2.45) is 0 Å². The number of carbonyl (C=O) groups is 1. The number of halogens is 3. The summed E-state index contributed by atoms with van der Waals surface area (Å²) < 4.78 is 50.5. The molecule has 0 saturated carbocycles. The van der Waals surface area contributed by atoms with Crippen molar-refractivity contribution in [2.75, 3.05) is 13.2 Å². The maximum absolute atomic E-state index is 12.9. The Kier molecular flexibility index (Phi) is 6.47. The van der Waals surface area contributed by atoms with Gasteiger partial charge in [-0.2, -0.15) is 18.2 Å². The van der Waals surface area contributed by atoms with E-state index in [9.17, 15) is 18.0 Å². The molecule has 1 aromatic carbocycles. The average Bonchev–Trinajstić information content (AvgIpc) is 3.09. The van der Waals surface area contributed by atoms with Crippen LogP contribution in [0, 0.1) is 27.7 Å². The maximum atomic E-state index is 12.9. The Bertz CT molecular complexity index is 1090. The highest BCUT2D eigenvalue weighted by Gasteiger charge is 2.36. The molecule has 2 aromatic heterocycles. The lowest BCUT2D eigenvalue weighted by Crippen LogP contribution is -2.14. The Morgan fingerprint density at radius 3 is 2.35 bits per heavy atom. The molecule has 10 heteroatoms. The van der Waals surface area contributed by atoms with Gasteiger partial charge in [-0.05, 0) is 62.9 Å². The van der Waals surface area contributed by atoms with Gasteiger partial charge in [0.05, 0.1) is 0 Å². The predicted octanol–water partition coefficient (Wildman–Crippen LogP) is 3.93. The van der Waals surface area contributed by atoms with E-state index in [2.05, 4.69) is 15.1 Å². The Morgan fingerprint density at radius 2 is 1.71 bits per heavy atom. The van der Waals surface area contributed by atoms with E-state index in [4.69, 9.17) is 9.47 Å². The first-order valence-corrected chi connectivity index (χ1v) is 9.71. The summed E-state index contributed by atoms with van der Waals surface area (Å²) in [5, 5.41) is 3.50. The summed E-state index contributed by atoms with van der Waals surface area (Å²) in [7, 11) is 0. The van der Waals surface area contributed by atoms with Crippen LogP contribution >= 0.6 is 0 Å². The first-order chi connectivity index (χ1) is 14.5. The number of fused-ring (bicyclic) bond motifs is 1. The normalized spacial score (nSPS) is 11.7. The van der Waals surface area contributed by atoms with Crippen molar-refractivity contribution in [3.63, 3.8) is 0 Å². The van der Waals surface area contributed by atoms with Crippen LogP contribution in [0.2, 0.25) is 0 Å². The van der Waals surface area contributed by atoms with Crippen LogP contribution in [0.1, 0.15) is 40.3 Å². The molecule has 0 aliphatic heterocycles. The quantitative estimate of drug-likeness (QED) is 0.413. The molecule has 3 aromatic rings. The van der Waals surface area contributed by atoms with E-state index in [1.165, 1.54) is 0 Å². The summed E-state index contributed by atoms with van der Waals surface area (Å²) in [5.41, 5.74) is 3.75. The van der Waals surface area contributed by atoms with E-state index in [1.54, 1.807) is 13.8 Å². The fourth-order valence-corrected chi connectivity index (χ4v) is 3.32. The van der Waals surface area contributed by atoms with Gasteiger partial charge in [0.2, 0.25) is 0 Å². The van der Waals surface area contributed by atoms with Gasteiger partial charge in [0.1, 0.15) is 19.0 Å². The molecule has 166 valence electrons. The van der Waals surface area contributed by atoms with Gasteiger partial charge in [-0.25, -0.2) is 9.50 Å². The van der Waals surface area contributed by atoms with Crippen LogP contribution in [0.4, 0.5) is 13.2 Å². The summed E-state index contributed by atoms with van der Waals surface area (Å²) in [5.74, 6) is -1.09. The van der Waals surface area contributed by atoms with E-state index in [0.717, 1.165) is 15.6 Å². The number of hydrogen-bond acceptors (Lipinski definition) is 6. The van der Waals surface area contributed by atoms with Gasteiger partial charge < -0.3 is 9.47 Å². The molecule has 0 atom stereocenters. The second-order valence-corrected chi connectivity index (χ2v) is 7.30. The van der Waals surface area contributed by atoms with Gasteiger partial charge in [0, 0.05) is 17.8 Å². The zero-order valence-electron chi connectivity index (χ0n) is 17.7. The summed E-state index contributed by atoms with van der Waals surface area (Å²) in [6.07, 6.45) is -4.34. The Hall–Kier alpha value is -3.17. The highest BCUT2D eigenvalue weighted by Crippen LogP contribution is 2.27. The summed E-state index contributed by atoms with van der Waals surface area (Å²) in [6.45, 7) is 7.54. The minimum absolute atomic E-state index is 0.0548. The summed E-state index contributed by atoms with van der Waals surface area (Å²) in [6, 6.07) is 5.84. The SMILES string of the molecule is Cc1cc(C)cc(OCCOC(=O)CCc2c(C)nc3nc(C(F)(F)F)nn3c2C)c1. The zero-order valence-corrected chi connectivity index (χ0v) is 17.7. The van der Waals surface area contributed by atoms with Crippen LogP contribution in [-0.2, 0) is 22.1 Å². The van der Waals surface area contributed by atoms with Gasteiger partial charge in [0.15, 0.2) is 0 Å². The smallest absolute Gasteiger partial charge is 0.453 e. The first-order valence-electron chi connectivity index (χ1n) is 9.71. The number of alkyl halides is 3. The molecule has 7 nitrogen and oxygen atoms in total. The van der Waals surface area contributed by atoms with Gasteiger partial charge in [0.25, 0.3) is 11.6 Å². The lowest BCUT2D eigenvalue weighted by atomic mass is 10.1. The third-order valence-electron chi connectivity index (χ3n) is 4.69. The minimum atomic E-state index is -4.66.